The maximum Gasteiger partial charge on any atom is 0.269 e. The van der Waals surface area contributed by atoms with Crippen LogP contribution in [-0.2, 0) is 10.3 Å². The number of ketones is 1. The Kier molecular flexibility index (Phi) is 4.69. The molecule has 0 saturated carbocycles. The fourth-order valence-corrected chi connectivity index (χ4v) is 7.85. The van der Waals surface area contributed by atoms with Crippen molar-refractivity contribution in [1.29, 1.82) is 0 Å². The van der Waals surface area contributed by atoms with Gasteiger partial charge in [0, 0.05) is 47.0 Å². The predicted octanol–water partition coefficient (Wildman–Crippen LogP) is 4.48. The smallest absolute Gasteiger partial charge is 0.269 e. The second kappa shape index (κ2) is 7.51. The molecule has 2 fully saturated rings. The summed E-state index contributed by atoms with van der Waals surface area (Å²) in [6.07, 6.45) is 0. The SMILES string of the molecule is O=C(c1cccs1)[C@H]1[C@H](c2cccc([N+](=O)[O-])c2)[C@H]2CSCN2[C@@]12C(=O)Nc1ccccc12. The van der Waals surface area contributed by atoms with E-state index in [0.29, 0.717) is 10.8 Å². The number of anilines is 1. The molecule has 9 heteroatoms. The van der Waals surface area contributed by atoms with Gasteiger partial charge < -0.3 is 5.32 Å². The van der Waals surface area contributed by atoms with Crippen LogP contribution in [0.3, 0.4) is 0 Å². The molecule has 2 saturated heterocycles. The number of nitro groups is 1. The molecule has 4 atom stereocenters. The fourth-order valence-electron chi connectivity index (χ4n) is 5.82. The van der Waals surface area contributed by atoms with E-state index in [9.17, 15) is 19.7 Å². The van der Waals surface area contributed by atoms with Gasteiger partial charge in [-0.3, -0.25) is 24.6 Å². The molecule has 0 aliphatic carbocycles. The number of nitrogens with zero attached hydrogens (tertiary/aromatic N) is 2. The first-order valence-corrected chi connectivity index (χ1v) is 12.6. The van der Waals surface area contributed by atoms with Gasteiger partial charge in [0.25, 0.3) is 5.69 Å². The number of para-hydroxylation sites is 1. The van der Waals surface area contributed by atoms with E-state index in [0.717, 1.165) is 22.6 Å². The van der Waals surface area contributed by atoms with Gasteiger partial charge in [0.05, 0.1) is 15.7 Å². The maximum atomic E-state index is 14.1. The van der Waals surface area contributed by atoms with Gasteiger partial charge in [0.2, 0.25) is 5.91 Å². The second-order valence-electron chi connectivity index (χ2n) is 8.50. The molecule has 6 rings (SSSR count). The highest BCUT2D eigenvalue weighted by molar-refractivity contribution is 7.99. The molecular formula is C24H19N3O4S2. The highest BCUT2D eigenvalue weighted by Crippen LogP contribution is 2.61. The third-order valence-electron chi connectivity index (χ3n) is 7.04. The lowest BCUT2D eigenvalue weighted by atomic mass is 9.70. The number of non-ortho nitro benzene ring substituents is 1. The largest absolute Gasteiger partial charge is 0.324 e. The van der Waals surface area contributed by atoms with Crippen molar-refractivity contribution in [1.82, 2.24) is 4.90 Å². The molecule has 3 aliphatic rings. The number of thiophene rings is 1. The highest BCUT2D eigenvalue weighted by atomic mass is 32.2. The molecular weight excluding hydrogens is 458 g/mol. The Bertz CT molecular complexity index is 1290. The van der Waals surface area contributed by atoms with E-state index in [-0.39, 0.29) is 29.3 Å². The van der Waals surface area contributed by atoms with Crippen LogP contribution in [0.25, 0.3) is 0 Å². The van der Waals surface area contributed by atoms with Gasteiger partial charge in [-0.05, 0) is 23.1 Å². The zero-order valence-electron chi connectivity index (χ0n) is 17.3. The molecule has 7 nitrogen and oxygen atoms in total. The number of carbonyl (C=O) groups excluding carboxylic acids is 2. The number of carbonyl (C=O) groups is 2. The Morgan fingerprint density at radius 2 is 2.00 bits per heavy atom. The Morgan fingerprint density at radius 1 is 1.15 bits per heavy atom. The van der Waals surface area contributed by atoms with Crippen LogP contribution >= 0.6 is 23.1 Å². The first-order chi connectivity index (χ1) is 16.0. The Balaban J connectivity index is 1.62. The summed E-state index contributed by atoms with van der Waals surface area (Å²) in [7, 11) is 0. The van der Waals surface area contributed by atoms with Crippen molar-refractivity contribution in [2.45, 2.75) is 17.5 Å². The molecule has 4 heterocycles. The highest BCUT2D eigenvalue weighted by Gasteiger charge is 2.69. The number of nitro benzene ring substituents is 1. The van der Waals surface area contributed by atoms with Crippen molar-refractivity contribution >= 4 is 46.2 Å². The normalized spacial score (nSPS) is 28.0. The average Bonchev–Trinajstić information content (AvgIpc) is 3.59. The Hall–Kier alpha value is -3.01. The first kappa shape index (κ1) is 20.6. The summed E-state index contributed by atoms with van der Waals surface area (Å²) in [4.78, 5) is 41.8. The van der Waals surface area contributed by atoms with Crippen LogP contribution < -0.4 is 5.32 Å². The van der Waals surface area contributed by atoms with E-state index in [2.05, 4.69) is 10.2 Å². The van der Waals surface area contributed by atoms with Gasteiger partial charge in [0.1, 0.15) is 5.54 Å². The van der Waals surface area contributed by atoms with Crippen LogP contribution in [0.15, 0.2) is 66.0 Å². The van der Waals surface area contributed by atoms with Crippen molar-refractivity contribution in [3.05, 3.63) is 92.2 Å². The van der Waals surface area contributed by atoms with E-state index in [1.165, 1.54) is 17.4 Å². The predicted molar refractivity (Wildman–Crippen MR) is 128 cm³/mol. The molecule has 3 aliphatic heterocycles. The average molecular weight is 478 g/mol. The minimum absolute atomic E-state index is 0.00996. The third-order valence-corrected chi connectivity index (χ3v) is 8.96. The van der Waals surface area contributed by atoms with Crippen LogP contribution in [0.4, 0.5) is 11.4 Å². The molecule has 0 radical (unpaired) electrons. The summed E-state index contributed by atoms with van der Waals surface area (Å²) < 4.78 is 0. The van der Waals surface area contributed by atoms with Gasteiger partial charge in [-0.15, -0.1) is 23.1 Å². The number of hydrogen-bond donors (Lipinski definition) is 1. The van der Waals surface area contributed by atoms with Crippen LogP contribution in [0.1, 0.15) is 26.7 Å². The second-order valence-corrected chi connectivity index (χ2v) is 10.4. The molecule has 166 valence electrons. The van der Waals surface area contributed by atoms with Crippen LogP contribution in [0.2, 0.25) is 0 Å². The molecule has 2 aromatic carbocycles. The van der Waals surface area contributed by atoms with Crippen LogP contribution in [0, 0.1) is 16.0 Å². The van der Waals surface area contributed by atoms with Gasteiger partial charge in [0.15, 0.2) is 5.78 Å². The number of nitrogens with one attached hydrogen (secondary N) is 1. The van der Waals surface area contributed by atoms with E-state index in [4.69, 9.17) is 0 Å². The lowest BCUT2D eigenvalue weighted by molar-refractivity contribution is -0.384. The van der Waals surface area contributed by atoms with E-state index >= 15 is 0 Å². The lowest BCUT2D eigenvalue weighted by Crippen LogP contribution is -2.52. The van der Waals surface area contributed by atoms with E-state index in [1.807, 2.05) is 41.8 Å². The number of benzene rings is 2. The molecule has 0 unspecified atom stereocenters. The fraction of sp³-hybridized carbons (Fsp3) is 0.250. The van der Waals surface area contributed by atoms with Gasteiger partial charge >= 0.3 is 0 Å². The van der Waals surface area contributed by atoms with Crippen molar-refractivity contribution < 1.29 is 14.5 Å². The zero-order valence-corrected chi connectivity index (χ0v) is 19.0. The molecule has 1 aromatic heterocycles. The maximum absolute atomic E-state index is 14.1. The molecule has 33 heavy (non-hydrogen) atoms. The van der Waals surface area contributed by atoms with Crippen molar-refractivity contribution in [3.63, 3.8) is 0 Å². The minimum Gasteiger partial charge on any atom is -0.324 e. The molecule has 3 aromatic rings. The number of rotatable bonds is 4. The number of amides is 1. The third kappa shape index (κ3) is 2.79. The van der Waals surface area contributed by atoms with E-state index in [1.54, 1.807) is 30.0 Å². The molecule has 1 spiro atoms. The van der Waals surface area contributed by atoms with Crippen LogP contribution in [-0.4, -0.2) is 39.2 Å². The van der Waals surface area contributed by atoms with Gasteiger partial charge in [-0.2, -0.15) is 0 Å². The standard InChI is InChI=1S/C24H19N3O4S2/c28-22(19-9-4-10-33-19)21-20(14-5-3-6-15(11-14)27(30)31)18-12-32-13-26(18)24(21)16-7-1-2-8-17(16)25-23(24)29/h1-11,18,20-21H,12-13H2,(H,25,29)/t18-,20-,21-,24-/m1/s1. The number of hydrogen-bond acceptors (Lipinski definition) is 7. The lowest BCUT2D eigenvalue weighted by Gasteiger charge is -2.36. The number of fused-ring (bicyclic) bond motifs is 4. The summed E-state index contributed by atoms with van der Waals surface area (Å²) in [6, 6.07) is 17.6. The number of Topliss-reactive ketones (excluding diaryl/α,β-unsaturated/α-hetero) is 1. The van der Waals surface area contributed by atoms with E-state index < -0.39 is 16.4 Å². The topological polar surface area (TPSA) is 92.5 Å². The summed E-state index contributed by atoms with van der Waals surface area (Å²) in [5, 5.41) is 16.4. The molecule has 1 amide bonds. The number of thioether (sulfide) groups is 1. The summed E-state index contributed by atoms with van der Waals surface area (Å²) in [6.45, 7) is 0. The Morgan fingerprint density at radius 3 is 2.79 bits per heavy atom. The van der Waals surface area contributed by atoms with Gasteiger partial charge in [-0.1, -0.05) is 36.4 Å². The molecule has 0 bridgehead atoms. The monoisotopic (exact) mass is 477 g/mol. The minimum atomic E-state index is -1.15. The zero-order chi connectivity index (χ0) is 22.7. The van der Waals surface area contributed by atoms with Crippen molar-refractivity contribution in [2.24, 2.45) is 5.92 Å². The first-order valence-electron chi connectivity index (χ1n) is 10.6. The quantitative estimate of drug-likeness (QED) is 0.339. The summed E-state index contributed by atoms with van der Waals surface area (Å²) in [5.74, 6) is 0.0242. The van der Waals surface area contributed by atoms with Crippen LogP contribution in [0.5, 0.6) is 0 Å². The van der Waals surface area contributed by atoms with Gasteiger partial charge in [-0.25, -0.2) is 0 Å². The summed E-state index contributed by atoms with van der Waals surface area (Å²) >= 11 is 3.09. The van der Waals surface area contributed by atoms with Crippen molar-refractivity contribution in [3.8, 4) is 0 Å². The van der Waals surface area contributed by atoms with Crippen molar-refractivity contribution in [2.75, 3.05) is 16.9 Å². The molecule has 1 N–H and O–H groups in total. The summed E-state index contributed by atoms with van der Waals surface area (Å²) in [5.41, 5.74) is 1.10. The Labute approximate surface area is 197 Å².